The standard InChI is InChI=1S/C20H22N2O4S/c1-5-27(23,24)16-8-9-18(25-4)17(11-16)22-20-21-12-19(26-20)15-7-6-13(2)14(3)10-15/h6-12H,5H2,1-4H3,(H,21,22). The van der Waals surface area contributed by atoms with Gasteiger partial charge >= 0.3 is 0 Å². The number of methoxy groups -OCH3 is 1. The van der Waals surface area contributed by atoms with Crippen molar-refractivity contribution in [1.29, 1.82) is 0 Å². The lowest BCUT2D eigenvalue weighted by Crippen LogP contribution is -2.05. The number of ether oxygens (including phenoxy) is 1. The quantitative estimate of drug-likeness (QED) is 0.671. The molecule has 0 unspecified atom stereocenters. The molecule has 6 nitrogen and oxygen atoms in total. The van der Waals surface area contributed by atoms with Gasteiger partial charge in [-0.3, -0.25) is 0 Å². The van der Waals surface area contributed by atoms with E-state index in [-0.39, 0.29) is 16.7 Å². The Balaban J connectivity index is 1.92. The van der Waals surface area contributed by atoms with Crippen molar-refractivity contribution >= 4 is 21.5 Å². The largest absolute Gasteiger partial charge is 0.495 e. The Labute approximate surface area is 159 Å². The third-order valence-corrected chi connectivity index (χ3v) is 6.18. The van der Waals surface area contributed by atoms with E-state index in [0.29, 0.717) is 17.2 Å². The minimum atomic E-state index is -3.33. The number of hydrogen-bond donors (Lipinski definition) is 1. The van der Waals surface area contributed by atoms with E-state index in [0.717, 1.165) is 11.1 Å². The van der Waals surface area contributed by atoms with Gasteiger partial charge in [0.15, 0.2) is 15.6 Å². The van der Waals surface area contributed by atoms with Crippen LogP contribution in [0.5, 0.6) is 5.75 Å². The molecule has 0 saturated carbocycles. The first-order valence-electron chi connectivity index (χ1n) is 8.55. The van der Waals surface area contributed by atoms with Gasteiger partial charge in [0.25, 0.3) is 6.01 Å². The fourth-order valence-electron chi connectivity index (χ4n) is 2.62. The molecule has 3 rings (SSSR count). The second-order valence-corrected chi connectivity index (χ2v) is 8.50. The molecule has 142 valence electrons. The summed E-state index contributed by atoms with van der Waals surface area (Å²) >= 11 is 0. The maximum absolute atomic E-state index is 12.1. The van der Waals surface area contributed by atoms with Crippen molar-refractivity contribution in [2.45, 2.75) is 25.7 Å². The number of nitrogens with zero attached hydrogens (tertiary/aromatic N) is 1. The number of nitrogens with one attached hydrogen (secondary N) is 1. The van der Waals surface area contributed by atoms with Crippen molar-refractivity contribution in [3.8, 4) is 17.1 Å². The Morgan fingerprint density at radius 1 is 1.11 bits per heavy atom. The van der Waals surface area contributed by atoms with Crippen LogP contribution in [0.25, 0.3) is 11.3 Å². The minimum Gasteiger partial charge on any atom is -0.495 e. The molecule has 1 heterocycles. The van der Waals surface area contributed by atoms with Gasteiger partial charge in [-0.1, -0.05) is 19.1 Å². The fourth-order valence-corrected chi connectivity index (χ4v) is 3.53. The van der Waals surface area contributed by atoms with Crippen LogP contribution in [-0.4, -0.2) is 26.3 Å². The highest BCUT2D eigenvalue weighted by molar-refractivity contribution is 7.91. The van der Waals surface area contributed by atoms with Gasteiger partial charge in [-0.15, -0.1) is 0 Å². The number of oxazole rings is 1. The van der Waals surface area contributed by atoms with Gasteiger partial charge in [0.05, 0.1) is 29.6 Å². The molecule has 3 aromatic rings. The fraction of sp³-hybridized carbons (Fsp3) is 0.250. The van der Waals surface area contributed by atoms with Gasteiger partial charge < -0.3 is 14.5 Å². The molecular weight excluding hydrogens is 364 g/mol. The molecule has 0 spiro atoms. The highest BCUT2D eigenvalue weighted by Gasteiger charge is 2.16. The van der Waals surface area contributed by atoms with Crippen LogP contribution in [0, 0.1) is 13.8 Å². The van der Waals surface area contributed by atoms with Crippen LogP contribution in [0.4, 0.5) is 11.7 Å². The Morgan fingerprint density at radius 3 is 2.56 bits per heavy atom. The van der Waals surface area contributed by atoms with Crippen molar-refractivity contribution in [3.63, 3.8) is 0 Å². The lowest BCUT2D eigenvalue weighted by atomic mass is 10.1. The van der Waals surface area contributed by atoms with Crippen LogP contribution in [0.3, 0.4) is 0 Å². The molecule has 0 atom stereocenters. The van der Waals surface area contributed by atoms with Crippen LogP contribution in [-0.2, 0) is 9.84 Å². The van der Waals surface area contributed by atoms with Crippen molar-refractivity contribution < 1.29 is 17.6 Å². The summed E-state index contributed by atoms with van der Waals surface area (Å²) in [6, 6.07) is 11.0. The minimum absolute atomic E-state index is 0.0225. The van der Waals surface area contributed by atoms with Gasteiger partial charge in [-0.25, -0.2) is 13.4 Å². The molecule has 0 aliphatic rings. The normalized spacial score (nSPS) is 11.4. The first kappa shape index (κ1) is 19.0. The third kappa shape index (κ3) is 3.98. The van der Waals surface area contributed by atoms with Crippen molar-refractivity contribution in [2.75, 3.05) is 18.2 Å². The van der Waals surface area contributed by atoms with E-state index in [1.165, 1.54) is 24.8 Å². The third-order valence-electron chi connectivity index (χ3n) is 4.45. The molecule has 0 fully saturated rings. The molecule has 0 aliphatic carbocycles. The zero-order valence-corrected chi connectivity index (χ0v) is 16.6. The summed E-state index contributed by atoms with van der Waals surface area (Å²) in [4.78, 5) is 4.46. The Bertz CT molecular complexity index is 1070. The summed E-state index contributed by atoms with van der Waals surface area (Å²) < 4.78 is 35.4. The van der Waals surface area contributed by atoms with Crippen molar-refractivity contribution in [1.82, 2.24) is 4.98 Å². The highest BCUT2D eigenvalue weighted by atomic mass is 32.2. The summed E-state index contributed by atoms with van der Waals surface area (Å²) in [5.74, 6) is 1.14. The second kappa shape index (κ2) is 7.44. The van der Waals surface area contributed by atoms with Gasteiger partial charge in [-0.2, -0.15) is 0 Å². The topological polar surface area (TPSA) is 81.4 Å². The Kier molecular flexibility index (Phi) is 5.23. The zero-order valence-electron chi connectivity index (χ0n) is 15.7. The van der Waals surface area contributed by atoms with Crippen LogP contribution >= 0.6 is 0 Å². The van der Waals surface area contributed by atoms with Crippen molar-refractivity contribution in [2.24, 2.45) is 0 Å². The molecule has 0 aliphatic heterocycles. The molecule has 0 saturated heterocycles. The molecule has 0 radical (unpaired) electrons. The molecule has 27 heavy (non-hydrogen) atoms. The maximum Gasteiger partial charge on any atom is 0.299 e. The number of rotatable bonds is 6. The number of benzene rings is 2. The molecule has 0 amide bonds. The first-order chi connectivity index (χ1) is 12.8. The lowest BCUT2D eigenvalue weighted by molar-refractivity contribution is 0.416. The van der Waals surface area contributed by atoms with E-state index in [9.17, 15) is 8.42 Å². The molecule has 1 aromatic heterocycles. The van der Waals surface area contributed by atoms with Gasteiger partial charge in [-0.05, 0) is 49.2 Å². The summed E-state index contributed by atoms with van der Waals surface area (Å²) in [7, 11) is -1.81. The summed E-state index contributed by atoms with van der Waals surface area (Å²) in [5.41, 5.74) is 3.77. The van der Waals surface area contributed by atoms with E-state index in [1.807, 2.05) is 25.1 Å². The van der Waals surface area contributed by atoms with Crippen LogP contribution in [0.1, 0.15) is 18.1 Å². The Morgan fingerprint density at radius 2 is 1.89 bits per heavy atom. The van der Waals surface area contributed by atoms with E-state index in [4.69, 9.17) is 9.15 Å². The Hall–Kier alpha value is -2.80. The second-order valence-electron chi connectivity index (χ2n) is 6.22. The number of hydrogen-bond acceptors (Lipinski definition) is 6. The first-order valence-corrected chi connectivity index (χ1v) is 10.2. The maximum atomic E-state index is 12.1. The van der Waals surface area contributed by atoms with Gasteiger partial charge in [0.1, 0.15) is 5.75 Å². The van der Waals surface area contributed by atoms with Gasteiger partial charge in [0.2, 0.25) is 0 Å². The predicted molar refractivity (Wildman–Crippen MR) is 105 cm³/mol. The molecule has 7 heteroatoms. The van der Waals surface area contributed by atoms with E-state index in [2.05, 4.69) is 17.2 Å². The highest BCUT2D eigenvalue weighted by Crippen LogP contribution is 2.32. The van der Waals surface area contributed by atoms with Crippen molar-refractivity contribution in [3.05, 3.63) is 53.7 Å². The molecule has 0 bridgehead atoms. The van der Waals surface area contributed by atoms with E-state index in [1.54, 1.807) is 19.2 Å². The number of anilines is 2. The number of aromatic nitrogens is 1. The van der Waals surface area contributed by atoms with Crippen LogP contribution in [0.2, 0.25) is 0 Å². The van der Waals surface area contributed by atoms with Crippen LogP contribution in [0.15, 0.2) is 51.9 Å². The monoisotopic (exact) mass is 386 g/mol. The number of sulfone groups is 1. The smallest absolute Gasteiger partial charge is 0.299 e. The average Bonchev–Trinajstić information content (AvgIpc) is 3.12. The summed E-state index contributed by atoms with van der Waals surface area (Å²) in [6.45, 7) is 5.70. The van der Waals surface area contributed by atoms with E-state index >= 15 is 0 Å². The number of aryl methyl sites for hydroxylation is 2. The van der Waals surface area contributed by atoms with Crippen LogP contribution < -0.4 is 10.1 Å². The van der Waals surface area contributed by atoms with E-state index < -0.39 is 9.84 Å². The molecular formula is C20H22N2O4S. The summed E-state index contributed by atoms with van der Waals surface area (Å²) in [5, 5.41) is 3.01. The molecule has 1 N–H and O–H groups in total. The zero-order chi connectivity index (χ0) is 19.6. The summed E-state index contributed by atoms with van der Waals surface area (Å²) in [6.07, 6.45) is 1.63. The predicted octanol–water partition coefficient (Wildman–Crippen LogP) is 4.50. The average molecular weight is 386 g/mol. The SMILES string of the molecule is CCS(=O)(=O)c1ccc(OC)c(Nc2ncc(-c3ccc(C)c(C)c3)o2)c1. The lowest BCUT2D eigenvalue weighted by Gasteiger charge is -2.11. The van der Waals surface area contributed by atoms with Gasteiger partial charge in [0, 0.05) is 5.56 Å². The molecule has 2 aromatic carbocycles.